The average molecular weight is 233 g/mol. The number of aromatic carboxylic acids is 1. The molecule has 0 saturated carbocycles. The molecule has 2 aromatic heterocycles. The summed E-state index contributed by atoms with van der Waals surface area (Å²) in [5.74, 6) is -0.155. The Morgan fingerprint density at radius 1 is 1.35 bits per heavy atom. The Bertz CT molecular complexity index is 567. The number of carboxylic acid groups (broad SMARTS) is 1. The van der Waals surface area contributed by atoms with E-state index in [-0.39, 0.29) is 11.0 Å². The number of hydrogen-bond acceptors (Lipinski definition) is 3. The lowest BCUT2D eigenvalue weighted by atomic mass is 9.92. The van der Waals surface area contributed by atoms with E-state index in [0.717, 1.165) is 12.2 Å². The van der Waals surface area contributed by atoms with Gasteiger partial charge < -0.3 is 5.11 Å². The summed E-state index contributed by atoms with van der Waals surface area (Å²) in [7, 11) is 0. The van der Waals surface area contributed by atoms with Gasteiger partial charge in [-0.25, -0.2) is 4.79 Å². The molecule has 2 aromatic rings. The summed E-state index contributed by atoms with van der Waals surface area (Å²) in [4.78, 5) is 10.9. The van der Waals surface area contributed by atoms with Crippen LogP contribution in [0.2, 0.25) is 0 Å². The summed E-state index contributed by atoms with van der Waals surface area (Å²) in [6.45, 7) is 6.32. The fourth-order valence-corrected chi connectivity index (χ4v) is 1.66. The fourth-order valence-electron chi connectivity index (χ4n) is 1.66. The lowest BCUT2D eigenvalue weighted by Gasteiger charge is -2.16. The molecule has 0 aliphatic carbocycles. The lowest BCUT2D eigenvalue weighted by molar-refractivity contribution is 0.0696. The van der Waals surface area contributed by atoms with Crippen molar-refractivity contribution in [1.29, 1.82) is 0 Å². The molecule has 0 radical (unpaired) electrons. The van der Waals surface area contributed by atoms with Crippen molar-refractivity contribution in [3.05, 3.63) is 29.7 Å². The summed E-state index contributed by atoms with van der Waals surface area (Å²) in [6.07, 6.45) is 2.32. The van der Waals surface area contributed by atoms with Gasteiger partial charge >= 0.3 is 5.97 Å². The third-order valence-corrected chi connectivity index (χ3v) is 2.41. The van der Waals surface area contributed by atoms with Crippen molar-refractivity contribution in [3.63, 3.8) is 0 Å². The van der Waals surface area contributed by atoms with Crippen LogP contribution in [0, 0.1) is 5.41 Å². The minimum Gasteiger partial charge on any atom is -0.478 e. The zero-order chi connectivity index (χ0) is 12.6. The highest BCUT2D eigenvalue weighted by atomic mass is 16.4. The van der Waals surface area contributed by atoms with E-state index in [2.05, 4.69) is 31.0 Å². The zero-order valence-electron chi connectivity index (χ0n) is 10.1. The predicted molar refractivity (Wildman–Crippen MR) is 63.1 cm³/mol. The van der Waals surface area contributed by atoms with E-state index < -0.39 is 5.97 Å². The van der Waals surface area contributed by atoms with Crippen molar-refractivity contribution in [2.45, 2.75) is 27.2 Å². The van der Waals surface area contributed by atoms with Crippen LogP contribution in [0.15, 0.2) is 18.3 Å². The molecule has 0 bridgehead atoms. The predicted octanol–water partition coefficient (Wildman–Crippen LogP) is 2.02. The van der Waals surface area contributed by atoms with E-state index in [1.165, 1.54) is 6.07 Å². The van der Waals surface area contributed by atoms with Crippen LogP contribution in [-0.4, -0.2) is 25.7 Å². The molecule has 0 spiro atoms. The SMILES string of the molecule is CC(C)(C)Cc1nnc2ccc(C(=O)O)cn12. The maximum Gasteiger partial charge on any atom is 0.337 e. The molecular formula is C12H15N3O2. The van der Waals surface area contributed by atoms with Crippen molar-refractivity contribution in [1.82, 2.24) is 14.6 Å². The van der Waals surface area contributed by atoms with Crippen LogP contribution in [0.3, 0.4) is 0 Å². The molecule has 0 aromatic carbocycles. The fraction of sp³-hybridized carbons (Fsp3) is 0.417. The van der Waals surface area contributed by atoms with Gasteiger partial charge in [0.25, 0.3) is 0 Å². The molecule has 1 N–H and O–H groups in total. The number of carboxylic acids is 1. The average Bonchev–Trinajstić information content (AvgIpc) is 2.58. The first-order valence-electron chi connectivity index (χ1n) is 5.44. The molecule has 2 heterocycles. The molecule has 0 saturated heterocycles. The third kappa shape index (κ3) is 2.43. The highest BCUT2D eigenvalue weighted by Gasteiger charge is 2.16. The third-order valence-electron chi connectivity index (χ3n) is 2.41. The normalized spacial score (nSPS) is 11.9. The summed E-state index contributed by atoms with van der Waals surface area (Å²) >= 11 is 0. The minimum atomic E-state index is -0.942. The van der Waals surface area contributed by atoms with Crippen LogP contribution < -0.4 is 0 Å². The molecule has 2 rings (SSSR count). The summed E-state index contributed by atoms with van der Waals surface area (Å²) in [6, 6.07) is 3.20. The lowest BCUT2D eigenvalue weighted by Crippen LogP contribution is -2.12. The van der Waals surface area contributed by atoms with E-state index in [9.17, 15) is 4.79 Å². The maximum absolute atomic E-state index is 10.9. The summed E-state index contributed by atoms with van der Waals surface area (Å²) < 4.78 is 1.74. The minimum absolute atomic E-state index is 0.0855. The second-order valence-corrected chi connectivity index (χ2v) is 5.30. The summed E-state index contributed by atoms with van der Waals surface area (Å²) in [5, 5.41) is 17.1. The Labute approximate surface area is 99.1 Å². The number of fused-ring (bicyclic) bond motifs is 1. The van der Waals surface area contributed by atoms with Crippen molar-refractivity contribution >= 4 is 11.6 Å². The molecule has 0 unspecified atom stereocenters. The largest absolute Gasteiger partial charge is 0.478 e. The standard InChI is InChI=1S/C12H15N3O2/c1-12(2,3)6-10-14-13-9-5-4-8(11(16)17)7-15(9)10/h4-5,7H,6H2,1-3H3,(H,16,17). The molecule has 0 aliphatic heterocycles. The van der Waals surface area contributed by atoms with Gasteiger partial charge in [-0.05, 0) is 17.5 Å². The van der Waals surface area contributed by atoms with Gasteiger partial charge in [-0.1, -0.05) is 20.8 Å². The maximum atomic E-state index is 10.9. The van der Waals surface area contributed by atoms with Gasteiger partial charge in [-0.2, -0.15) is 0 Å². The van der Waals surface area contributed by atoms with Gasteiger partial charge in [0.05, 0.1) is 5.56 Å². The number of hydrogen-bond donors (Lipinski definition) is 1. The number of aromatic nitrogens is 3. The first kappa shape index (κ1) is 11.6. The second kappa shape index (κ2) is 3.84. The number of rotatable bonds is 2. The number of pyridine rings is 1. The van der Waals surface area contributed by atoms with Crippen LogP contribution >= 0.6 is 0 Å². The van der Waals surface area contributed by atoms with Crippen molar-refractivity contribution in [2.75, 3.05) is 0 Å². The van der Waals surface area contributed by atoms with Gasteiger partial charge in [0.15, 0.2) is 5.65 Å². The molecule has 5 heteroatoms. The topological polar surface area (TPSA) is 67.5 Å². The summed E-state index contributed by atoms with van der Waals surface area (Å²) in [5.41, 5.74) is 1.00. The number of carbonyl (C=O) groups is 1. The highest BCUT2D eigenvalue weighted by Crippen LogP contribution is 2.20. The van der Waals surface area contributed by atoms with Crippen LogP contribution in [0.25, 0.3) is 5.65 Å². The van der Waals surface area contributed by atoms with Crippen LogP contribution in [0.1, 0.15) is 37.0 Å². The molecule has 17 heavy (non-hydrogen) atoms. The van der Waals surface area contributed by atoms with Crippen LogP contribution in [0.4, 0.5) is 0 Å². The second-order valence-electron chi connectivity index (χ2n) is 5.30. The molecule has 90 valence electrons. The van der Waals surface area contributed by atoms with Crippen LogP contribution in [0.5, 0.6) is 0 Å². The monoisotopic (exact) mass is 233 g/mol. The molecule has 5 nitrogen and oxygen atoms in total. The van der Waals surface area contributed by atoms with Crippen molar-refractivity contribution < 1.29 is 9.90 Å². The van der Waals surface area contributed by atoms with Gasteiger partial charge in [-0.15, -0.1) is 10.2 Å². The van der Waals surface area contributed by atoms with Gasteiger partial charge in [0.2, 0.25) is 0 Å². The van der Waals surface area contributed by atoms with Crippen molar-refractivity contribution in [2.24, 2.45) is 5.41 Å². The molecule has 0 fully saturated rings. The quantitative estimate of drug-likeness (QED) is 0.861. The van der Waals surface area contributed by atoms with E-state index >= 15 is 0 Å². The van der Waals surface area contributed by atoms with Gasteiger partial charge in [0.1, 0.15) is 5.82 Å². The highest BCUT2D eigenvalue weighted by molar-refractivity contribution is 5.87. The molecule has 0 aliphatic rings. The Morgan fingerprint density at radius 2 is 2.06 bits per heavy atom. The first-order chi connectivity index (χ1) is 7.87. The number of nitrogens with zero attached hydrogens (tertiary/aromatic N) is 3. The van der Waals surface area contributed by atoms with Crippen LogP contribution in [-0.2, 0) is 6.42 Å². The Balaban J connectivity index is 2.50. The molecule has 0 atom stereocenters. The van der Waals surface area contributed by atoms with Crippen molar-refractivity contribution in [3.8, 4) is 0 Å². The van der Waals surface area contributed by atoms with E-state index in [1.54, 1.807) is 16.7 Å². The van der Waals surface area contributed by atoms with E-state index in [1.807, 2.05) is 0 Å². The molecular weight excluding hydrogens is 218 g/mol. The Hall–Kier alpha value is -1.91. The Morgan fingerprint density at radius 3 is 2.65 bits per heavy atom. The zero-order valence-corrected chi connectivity index (χ0v) is 10.1. The van der Waals surface area contributed by atoms with E-state index in [4.69, 9.17) is 5.11 Å². The van der Waals surface area contributed by atoms with Gasteiger partial charge in [-0.3, -0.25) is 4.40 Å². The first-order valence-corrected chi connectivity index (χ1v) is 5.44. The van der Waals surface area contributed by atoms with Gasteiger partial charge in [0, 0.05) is 12.6 Å². The van der Waals surface area contributed by atoms with E-state index in [0.29, 0.717) is 5.65 Å². The smallest absolute Gasteiger partial charge is 0.337 e. The molecule has 0 amide bonds. The Kier molecular flexibility index (Phi) is 2.61.